The second-order valence-corrected chi connectivity index (χ2v) is 10.7. The summed E-state index contributed by atoms with van der Waals surface area (Å²) >= 11 is 6.05. The number of esters is 2. The first-order valence-electron chi connectivity index (χ1n) is 12.2. The number of hydrogen-bond acceptors (Lipinski definition) is 6. The van der Waals surface area contributed by atoms with Gasteiger partial charge in [-0.25, -0.2) is 18.4 Å². The highest BCUT2D eigenvalue weighted by molar-refractivity contribution is 6.30. The van der Waals surface area contributed by atoms with Crippen molar-refractivity contribution in [2.45, 2.75) is 40.2 Å². The van der Waals surface area contributed by atoms with E-state index in [-0.39, 0.29) is 34.2 Å². The van der Waals surface area contributed by atoms with Crippen LogP contribution in [0, 0.1) is 17.0 Å². The molecule has 0 amide bonds. The van der Waals surface area contributed by atoms with Gasteiger partial charge in [0.05, 0.1) is 35.8 Å². The molecule has 0 fully saturated rings. The fourth-order valence-corrected chi connectivity index (χ4v) is 4.95. The number of rotatable bonds is 9. The van der Waals surface area contributed by atoms with Gasteiger partial charge >= 0.3 is 11.9 Å². The van der Waals surface area contributed by atoms with Crippen LogP contribution < -0.4 is 5.32 Å². The molecule has 1 heterocycles. The summed E-state index contributed by atoms with van der Waals surface area (Å²) in [6.45, 7) is 8.48. The summed E-state index contributed by atoms with van der Waals surface area (Å²) in [6.07, 6.45) is 0. The van der Waals surface area contributed by atoms with Crippen molar-refractivity contribution in [3.8, 4) is 0 Å². The van der Waals surface area contributed by atoms with E-state index in [4.69, 9.17) is 21.1 Å². The van der Waals surface area contributed by atoms with E-state index in [1.165, 1.54) is 31.4 Å². The largest absolute Gasteiger partial charge is 0.466 e. The van der Waals surface area contributed by atoms with Gasteiger partial charge in [-0.1, -0.05) is 49.7 Å². The number of methoxy groups -OCH3 is 1. The molecule has 0 spiro atoms. The van der Waals surface area contributed by atoms with Crippen LogP contribution in [0.15, 0.2) is 65.0 Å². The van der Waals surface area contributed by atoms with Crippen molar-refractivity contribution in [2.24, 2.45) is 5.41 Å². The van der Waals surface area contributed by atoms with Gasteiger partial charge < -0.3 is 19.7 Å². The molecule has 1 atom stereocenters. The Labute approximate surface area is 227 Å². The Hall–Kier alpha value is -3.23. The van der Waals surface area contributed by atoms with Gasteiger partial charge in [0.15, 0.2) is 0 Å². The third kappa shape index (κ3) is 6.79. The van der Waals surface area contributed by atoms with Crippen molar-refractivity contribution < 1.29 is 27.8 Å². The Balaban J connectivity index is 1.83. The van der Waals surface area contributed by atoms with Crippen LogP contribution >= 0.6 is 11.6 Å². The van der Waals surface area contributed by atoms with Crippen LogP contribution in [0.4, 0.5) is 8.78 Å². The molecule has 9 heteroatoms. The number of ether oxygens (including phenoxy) is 2. The van der Waals surface area contributed by atoms with E-state index >= 15 is 4.39 Å². The zero-order chi connectivity index (χ0) is 28.2. The standard InChI is InChI=1S/C29H33ClF2N2O4/c1-17-23(27(35)37-6)25(21-8-7-9-22(30)26(21)32)24(18(2)33-17)28(36)38-16-29(3,4)15-34(5)14-19-10-12-20(31)13-11-19/h7-13,25,33H,14-16H2,1-6H3. The number of hydrogen-bond donors (Lipinski definition) is 1. The summed E-state index contributed by atoms with van der Waals surface area (Å²) in [6, 6.07) is 10.7. The molecule has 2 aromatic carbocycles. The van der Waals surface area contributed by atoms with E-state index in [2.05, 4.69) is 10.2 Å². The SMILES string of the molecule is COC(=O)C1=C(C)NC(C)=C(C(=O)OCC(C)(C)CN(C)Cc2ccc(F)cc2)C1c1cccc(Cl)c1F. The van der Waals surface area contributed by atoms with E-state index in [9.17, 15) is 14.0 Å². The van der Waals surface area contributed by atoms with Gasteiger partial charge in [0.25, 0.3) is 0 Å². The fraction of sp³-hybridized carbons (Fsp3) is 0.379. The van der Waals surface area contributed by atoms with Crippen LogP contribution in [0.25, 0.3) is 0 Å². The zero-order valence-electron chi connectivity index (χ0n) is 22.5. The maximum Gasteiger partial charge on any atom is 0.336 e. The van der Waals surface area contributed by atoms with Crippen LogP contribution in [-0.4, -0.2) is 44.1 Å². The summed E-state index contributed by atoms with van der Waals surface area (Å²) in [5.74, 6) is -3.46. The molecule has 204 valence electrons. The monoisotopic (exact) mass is 546 g/mol. The van der Waals surface area contributed by atoms with Crippen LogP contribution in [-0.2, 0) is 25.6 Å². The molecule has 38 heavy (non-hydrogen) atoms. The Kier molecular flexibility index (Phi) is 9.33. The highest BCUT2D eigenvalue weighted by atomic mass is 35.5. The average molecular weight is 547 g/mol. The number of carbonyl (C=O) groups is 2. The number of halogens is 3. The number of benzene rings is 2. The molecule has 0 aliphatic carbocycles. The maximum absolute atomic E-state index is 15.2. The smallest absolute Gasteiger partial charge is 0.336 e. The van der Waals surface area contributed by atoms with Crippen molar-refractivity contribution >= 4 is 23.5 Å². The molecule has 0 saturated carbocycles. The number of allylic oxidation sites excluding steroid dienone is 2. The molecule has 1 unspecified atom stereocenters. The Morgan fingerprint density at radius 1 is 1.03 bits per heavy atom. The van der Waals surface area contributed by atoms with Crippen LogP contribution in [0.1, 0.15) is 44.7 Å². The van der Waals surface area contributed by atoms with E-state index in [1.54, 1.807) is 32.0 Å². The second-order valence-electron chi connectivity index (χ2n) is 10.3. The zero-order valence-corrected chi connectivity index (χ0v) is 23.2. The van der Waals surface area contributed by atoms with Gasteiger partial charge in [-0.3, -0.25) is 0 Å². The van der Waals surface area contributed by atoms with Crippen LogP contribution in [0.3, 0.4) is 0 Å². The lowest BCUT2D eigenvalue weighted by Crippen LogP contribution is -2.37. The van der Waals surface area contributed by atoms with Crippen molar-refractivity contribution in [2.75, 3.05) is 27.3 Å². The number of nitrogens with one attached hydrogen (secondary N) is 1. The van der Waals surface area contributed by atoms with Crippen molar-refractivity contribution in [1.82, 2.24) is 10.2 Å². The molecule has 3 rings (SSSR count). The van der Waals surface area contributed by atoms with Gasteiger partial charge in [-0.15, -0.1) is 0 Å². The predicted molar refractivity (Wildman–Crippen MR) is 142 cm³/mol. The van der Waals surface area contributed by atoms with Crippen molar-refractivity contribution in [1.29, 1.82) is 0 Å². The predicted octanol–water partition coefficient (Wildman–Crippen LogP) is 5.73. The summed E-state index contributed by atoms with van der Waals surface area (Å²) in [7, 11) is 3.15. The van der Waals surface area contributed by atoms with Gasteiger partial charge in [-0.05, 0) is 44.7 Å². The van der Waals surface area contributed by atoms with Crippen LogP contribution in [0.2, 0.25) is 5.02 Å². The maximum atomic E-state index is 15.2. The van der Waals surface area contributed by atoms with E-state index in [0.717, 1.165) is 5.56 Å². The molecule has 0 bridgehead atoms. The minimum atomic E-state index is -1.07. The highest BCUT2D eigenvalue weighted by Gasteiger charge is 2.40. The quantitative estimate of drug-likeness (QED) is 0.405. The van der Waals surface area contributed by atoms with Gasteiger partial charge in [0.2, 0.25) is 0 Å². The number of dihydropyridines is 1. The first kappa shape index (κ1) is 29.3. The third-order valence-electron chi connectivity index (χ3n) is 6.34. The topological polar surface area (TPSA) is 67.9 Å². The summed E-state index contributed by atoms with van der Waals surface area (Å²) in [5, 5.41) is 2.91. The van der Waals surface area contributed by atoms with E-state index in [1.807, 2.05) is 20.9 Å². The second kappa shape index (κ2) is 12.1. The number of nitrogens with zero attached hydrogens (tertiary/aromatic N) is 1. The molecule has 0 saturated heterocycles. The van der Waals surface area contributed by atoms with Gasteiger partial charge in [0.1, 0.15) is 11.6 Å². The van der Waals surface area contributed by atoms with E-state index in [0.29, 0.717) is 24.5 Å². The Morgan fingerprint density at radius 3 is 2.24 bits per heavy atom. The minimum Gasteiger partial charge on any atom is -0.466 e. The lowest BCUT2D eigenvalue weighted by Gasteiger charge is -2.33. The molecule has 1 aliphatic rings. The lowest BCUT2D eigenvalue weighted by molar-refractivity contribution is -0.142. The van der Waals surface area contributed by atoms with E-state index < -0.39 is 29.1 Å². The lowest BCUT2D eigenvalue weighted by atomic mass is 9.80. The van der Waals surface area contributed by atoms with Crippen molar-refractivity contribution in [3.05, 3.63) is 92.8 Å². The molecular formula is C29H33ClF2N2O4. The molecule has 0 radical (unpaired) electrons. The third-order valence-corrected chi connectivity index (χ3v) is 6.63. The molecule has 0 aromatic heterocycles. The number of carbonyl (C=O) groups excluding carboxylic acids is 2. The summed E-state index contributed by atoms with van der Waals surface area (Å²) < 4.78 is 39.1. The molecular weight excluding hydrogens is 514 g/mol. The Bertz CT molecular complexity index is 1270. The normalized spacial score (nSPS) is 16.0. The van der Waals surface area contributed by atoms with Crippen molar-refractivity contribution in [3.63, 3.8) is 0 Å². The Morgan fingerprint density at radius 2 is 1.63 bits per heavy atom. The molecule has 2 aromatic rings. The average Bonchev–Trinajstić information content (AvgIpc) is 2.84. The van der Waals surface area contributed by atoms with Gasteiger partial charge in [-0.2, -0.15) is 0 Å². The minimum absolute atomic E-state index is 0.0668. The fourth-order valence-electron chi connectivity index (χ4n) is 4.77. The first-order chi connectivity index (χ1) is 17.8. The first-order valence-corrected chi connectivity index (χ1v) is 12.5. The van der Waals surface area contributed by atoms with Gasteiger partial charge in [0, 0.05) is 35.5 Å². The highest BCUT2D eigenvalue weighted by Crippen LogP contribution is 2.41. The van der Waals surface area contributed by atoms with Crippen LogP contribution in [0.5, 0.6) is 0 Å². The molecule has 1 N–H and O–H groups in total. The molecule has 6 nitrogen and oxygen atoms in total. The molecule has 1 aliphatic heterocycles. The summed E-state index contributed by atoms with van der Waals surface area (Å²) in [5.41, 5.74) is 1.67. The summed E-state index contributed by atoms with van der Waals surface area (Å²) in [4.78, 5) is 28.3.